The fourth-order valence-electron chi connectivity index (χ4n) is 3.67. The maximum Gasteiger partial charge on any atom is 0.254 e. The van der Waals surface area contributed by atoms with Gasteiger partial charge in [-0.25, -0.2) is 4.98 Å². The summed E-state index contributed by atoms with van der Waals surface area (Å²) in [6.45, 7) is 2.20. The predicted molar refractivity (Wildman–Crippen MR) is 106 cm³/mol. The number of ether oxygens (including phenoxy) is 2. The first-order valence-corrected chi connectivity index (χ1v) is 9.47. The Balaban J connectivity index is 1.49. The molecule has 1 aliphatic heterocycles. The van der Waals surface area contributed by atoms with Crippen molar-refractivity contribution < 1.29 is 18.7 Å². The molecule has 0 saturated carbocycles. The van der Waals surface area contributed by atoms with Crippen molar-refractivity contribution >= 4 is 17.0 Å². The highest BCUT2D eigenvalue weighted by molar-refractivity contribution is 5.97. The second-order valence-corrected chi connectivity index (χ2v) is 7.18. The summed E-state index contributed by atoms with van der Waals surface area (Å²) in [6.07, 6.45) is 1.57. The van der Waals surface area contributed by atoms with Gasteiger partial charge in [0.1, 0.15) is 11.3 Å². The van der Waals surface area contributed by atoms with E-state index in [-0.39, 0.29) is 5.91 Å². The topological polar surface area (TPSA) is 64.8 Å². The van der Waals surface area contributed by atoms with Gasteiger partial charge in [-0.1, -0.05) is 12.1 Å². The van der Waals surface area contributed by atoms with E-state index in [1.165, 1.54) is 0 Å². The molecule has 4 rings (SSSR count). The first kappa shape index (κ1) is 18.5. The largest absolute Gasteiger partial charge is 0.497 e. The van der Waals surface area contributed by atoms with Crippen LogP contribution < -0.4 is 4.74 Å². The molecule has 0 unspecified atom stereocenters. The maximum atomic E-state index is 12.8. The summed E-state index contributed by atoms with van der Waals surface area (Å²) in [7, 11) is 3.35. The lowest BCUT2D eigenvalue weighted by Crippen LogP contribution is -2.29. The first-order chi connectivity index (χ1) is 13.7. The number of nitrogens with zero attached hydrogens (tertiary/aromatic N) is 2. The molecule has 1 saturated heterocycles. The molecule has 2 heterocycles. The number of rotatable bonds is 6. The second kappa shape index (κ2) is 8.02. The van der Waals surface area contributed by atoms with E-state index < -0.39 is 0 Å². The van der Waals surface area contributed by atoms with Crippen LogP contribution in [-0.4, -0.2) is 49.7 Å². The number of likely N-dealkylation sites (tertiary alicyclic amines) is 1. The molecule has 1 aliphatic rings. The number of amides is 1. The molecule has 1 aromatic heterocycles. The smallest absolute Gasteiger partial charge is 0.254 e. The minimum atomic E-state index is 0.0357. The van der Waals surface area contributed by atoms with Crippen molar-refractivity contribution in [2.45, 2.75) is 12.8 Å². The van der Waals surface area contributed by atoms with Gasteiger partial charge in [0.05, 0.1) is 13.7 Å². The van der Waals surface area contributed by atoms with Gasteiger partial charge in [0.25, 0.3) is 5.91 Å². The third kappa shape index (κ3) is 3.87. The molecule has 0 radical (unpaired) electrons. The SMILES string of the molecule is COC[C@@H]1CCN(C(=O)c2ccc3nc(Cc4ccc(OC)cc4)oc3c2)C1. The highest BCUT2D eigenvalue weighted by Gasteiger charge is 2.27. The summed E-state index contributed by atoms with van der Waals surface area (Å²) in [5, 5.41) is 0. The van der Waals surface area contributed by atoms with Crippen LogP contribution in [0, 0.1) is 5.92 Å². The zero-order valence-corrected chi connectivity index (χ0v) is 16.2. The van der Waals surface area contributed by atoms with Gasteiger partial charge in [-0.3, -0.25) is 4.79 Å². The number of methoxy groups -OCH3 is 2. The van der Waals surface area contributed by atoms with Gasteiger partial charge in [-0.2, -0.15) is 0 Å². The Bertz CT molecular complexity index is 964. The number of benzene rings is 2. The van der Waals surface area contributed by atoms with Crippen LogP contribution in [-0.2, 0) is 11.2 Å². The molecular weight excluding hydrogens is 356 g/mol. The van der Waals surface area contributed by atoms with E-state index in [2.05, 4.69) is 4.98 Å². The van der Waals surface area contributed by atoms with Gasteiger partial charge in [-0.05, 0) is 42.3 Å². The Morgan fingerprint density at radius 3 is 2.79 bits per heavy atom. The normalized spacial score (nSPS) is 16.6. The van der Waals surface area contributed by atoms with Crippen molar-refractivity contribution in [3.8, 4) is 5.75 Å². The van der Waals surface area contributed by atoms with Gasteiger partial charge < -0.3 is 18.8 Å². The molecule has 146 valence electrons. The Labute approximate surface area is 164 Å². The van der Waals surface area contributed by atoms with Gasteiger partial charge in [0.15, 0.2) is 11.5 Å². The van der Waals surface area contributed by atoms with Crippen molar-refractivity contribution in [2.75, 3.05) is 33.9 Å². The maximum absolute atomic E-state index is 12.8. The zero-order chi connectivity index (χ0) is 19.5. The molecule has 0 N–H and O–H groups in total. The molecule has 3 aromatic rings. The number of aromatic nitrogens is 1. The summed E-state index contributed by atoms with van der Waals surface area (Å²) in [5.41, 5.74) is 3.13. The van der Waals surface area contributed by atoms with Crippen molar-refractivity contribution in [3.05, 3.63) is 59.5 Å². The Morgan fingerprint density at radius 1 is 1.21 bits per heavy atom. The number of hydrogen-bond donors (Lipinski definition) is 0. The van der Waals surface area contributed by atoms with Crippen LogP contribution in [0.25, 0.3) is 11.1 Å². The predicted octanol–water partition coefficient (Wildman–Crippen LogP) is 3.54. The van der Waals surface area contributed by atoms with Crippen LogP contribution in [0.4, 0.5) is 0 Å². The standard InChI is InChI=1S/C22H24N2O4/c1-26-14-16-9-10-24(13-16)22(25)17-5-8-19-20(12-17)28-21(23-19)11-15-3-6-18(27-2)7-4-15/h3-8,12,16H,9-11,13-14H2,1-2H3/t16-/m1/s1. The van der Waals surface area contributed by atoms with Gasteiger partial charge in [0, 0.05) is 38.1 Å². The molecule has 0 spiro atoms. The molecule has 0 bridgehead atoms. The van der Waals surface area contributed by atoms with Gasteiger partial charge >= 0.3 is 0 Å². The van der Waals surface area contributed by atoms with Gasteiger partial charge in [-0.15, -0.1) is 0 Å². The van der Waals surface area contributed by atoms with Crippen molar-refractivity contribution in [1.82, 2.24) is 9.88 Å². The van der Waals surface area contributed by atoms with Gasteiger partial charge in [0.2, 0.25) is 0 Å². The number of hydrogen-bond acceptors (Lipinski definition) is 5. The lowest BCUT2D eigenvalue weighted by Gasteiger charge is -2.16. The van der Waals surface area contributed by atoms with Crippen LogP contribution >= 0.6 is 0 Å². The van der Waals surface area contributed by atoms with E-state index in [1.54, 1.807) is 20.3 Å². The van der Waals surface area contributed by atoms with E-state index in [1.807, 2.05) is 41.3 Å². The van der Waals surface area contributed by atoms with E-state index >= 15 is 0 Å². The third-order valence-corrected chi connectivity index (χ3v) is 5.17. The number of carbonyl (C=O) groups is 1. The summed E-state index contributed by atoms with van der Waals surface area (Å²) in [4.78, 5) is 19.2. The minimum absolute atomic E-state index is 0.0357. The quantitative estimate of drug-likeness (QED) is 0.654. The molecule has 1 atom stereocenters. The highest BCUT2D eigenvalue weighted by Crippen LogP contribution is 2.23. The summed E-state index contributed by atoms with van der Waals surface area (Å²) in [5.74, 6) is 1.90. The van der Waals surface area contributed by atoms with Crippen LogP contribution in [0.15, 0.2) is 46.9 Å². The van der Waals surface area contributed by atoms with E-state index in [4.69, 9.17) is 13.9 Å². The monoisotopic (exact) mass is 380 g/mol. The molecule has 6 heteroatoms. The molecule has 1 amide bonds. The van der Waals surface area contributed by atoms with Crippen molar-refractivity contribution in [2.24, 2.45) is 5.92 Å². The average molecular weight is 380 g/mol. The molecular formula is C22H24N2O4. The molecule has 2 aromatic carbocycles. The van der Waals surface area contributed by atoms with Crippen LogP contribution in [0.3, 0.4) is 0 Å². The average Bonchev–Trinajstić information content (AvgIpc) is 3.34. The zero-order valence-electron chi connectivity index (χ0n) is 16.2. The molecule has 6 nitrogen and oxygen atoms in total. The van der Waals surface area contributed by atoms with Crippen LogP contribution in [0.5, 0.6) is 5.75 Å². The highest BCUT2D eigenvalue weighted by atomic mass is 16.5. The molecule has 0 aliphatic carbocycles. The van der Waals surface area contributed by atoms with E-state index in [0.717, 1.165) is 36.3 Å². The minimum Gasteiger partial charge on any atom is -0.497 e. The number of carbonyl (C=O) groups excluding carboxylic acids is 1. The lowest BCUT2D eigenvalue weighted by molar-refractivity contribution is 0.0775. The summed E-state index contributed by atoms with van der Waals surface area (Å²) in [6, 6.07) is 13.3. The van der Waals surface area contributed by atoms with Crippen molar-refractivity contribution in [1.29, 1.82) is 0 Å². The van der Waals surface area contributed by atoms with Crippen LogP contribution in [0.1, 0.15) is 28.2 Å². The number of oxazole rings is 1. The van der Waals surface area contributed by atoms with Crippen LogP contribution in [0.2, 0.25) is 0 Å². The lowest BCUT2D eigenvalue weighted by atomic mass is 10.1. The summed E-state index contributed by atoms with van der Waals surface area (Å²) < 4.78 is 16.3. The molecule has 1 fully saturated rings. The fourth-order valence-corrected chi connectivity index (χ4v) is 3.67. The summed E-state index contributed by atoms with van der Waals surface area (Å²) >= 11 is 0. The van der Waals surface area contributed by atoms with E-state index in [9.17, 15) is 4.79 Å². The molecule has 28 heavy (non-hydrogen) atoms. The Kier molecular flexibility index (Phi) is 5.30. The van der Waals surface area contributed by atoms with E-state index in [0.29, 0.717) is 36.0 Å². The second-order valence-electron chi connectivity index (χ2n) is 7.18. The fraction of sp³-hybridized carbons (Fsp3) is 0.364. The first-order valence-electron chi connectivity index (χ1n) is 9.47. The Hall–Kier alpha value is -2.86. The number of fused-ring (bicyclic) bond motifs is 1. The third-order valence-electron chi connectivity index (χ3n) is 5.17. The van der Waals surface area contributed by atoms with Crippen molar-refractivity contribution in [3.63, 3.8) is 0 Å². The Morgan fingerprint density at radius 2 is 2.04 bits per heavy atom.